The van der Waals surface area contributed by atoms with Crippen molar-refractivity contribution >= 4 is 11.5 Å². The van der Waals surface area contributed by atoms with Crippen LogP contribution in [0.3, 0.4) is 0 Å². The number of rotatable bonds is 4. The van der Waals surface area contributed by atoms with Crippen LogP contribution in [-0.2, 0) is 6.54 Å². The SMILES string of the molecule is CC(C)c1cc[n+](CC(=O)c2ccc(N)cc2)cc1. The lowest BCUT2D eigenvalue weighted by Gasteiger charge is -2.03. The third-order valence-corrected chi connectivity index (χ3v) is 3.14. The molecule has 0 saturated carbocycles. The summed E-state index contributed by atoms with van der Waals surface area (Å²) < 4.78 is 1.89. The lowest BCUT2D eigenvalue weighted by molar-refractivity contribution is -0.683. The summed E-state index contributed by atoms with van der Waals surface area (Å²) in [6, 6.07) is 11.1. The molecule has 0 aliphatic heterocycles. The second-order valence-corrected chi connectivity index (χ2v) is 5.00. The Hall–Kier alpha value is -2.16. The number of anilines is 1. The van der Waals surface area contributed by atoms with E-state index in [9.17, 15) is 4.79 Å². The van der Waals surface area contributed by atoms with Crippen molar-refractivity contribution in [3.05, 3.63) is 59.9 Å². The highest BCUT2D eigenvalue weighted by molar-refractivity contribution is 5.95. The molecule has 2 N–H and O–H groups in total. The average molecular weight is 255 g/mol. The smallest absolute Gasteiger partial charge is 0.227 e. The van der Waals surface area contributed by atoms with Crippen LogP contribution in [0.15, 0.2) is 48.8 Å². The zero-order chi connectivity index (χ0) is 13.8. The number of aromatic nitrogens is 1. The molecule has 0 fully saturated rings. The van der Waals surface area contributed by atoms with Gasteiger partial charge in [0.2, 0.25) is 12.3 Å². The van der Waals surface area contributed by atoms with Gasteiger partial charge in [0.1, 0.15) is 0 Å². The van der Waals surface area contributed by atoms with Gasteiger partial charge < -0.3 is 5.73 Å². The Kier molecular flexibility index (Phi) is 3.95. The first-order valence-electron chi connectivity index (χ1n) is 6.44. The van der Waals surface area contributed by atoms with Crippen LogP contribution in [-0.4, -0.2) is 5.78 Å². The number of nitrogens with two attached hydrogens (primary N) is 1. The number of ketones is 1. The van der Waals surface area contributed by atoms with Crippen molar-refractivity contribution in [1.82, 2.24) is 0 Å². The molecule has 2 aromatic rings. The minimum absolute atomic E-state index is 0.0855. The van der Waals surface area contributed by atoms with E-state index in [0.717, 1.165) is 0 Å². The van der Waals surface area contributed by atoms with Gasteiger partial charge in [-0.1, -0.05) is 13.8 Å². The van der Waals surface area contributed by atoms with Crippen molar-refractivity contribution in [1.29, 1.82) is 0 Å². The predicted molar refractivity (Wildman–Crippen MR) is 75.9 cm³/mol. The maximum Gasteiger partial charge on any atom is 0.227 e. The lowest BCUT2D eigenvalue weighted by Crippen LogP contribution is -2.37. The zero-order valence-corrected chi connectivity index (χ0v) is 11.3. The van der Waals surface area contributed by atoms with Crippen molar-refractivity contribution in [3.8, 4) is 0 Å². The summed E-state index contributed by atoms with van der Waals surface area (Å²) in [5.41, 5.74) is 8.24. The number of carbonyl (C=O) groups excluding carboxylic acids is 1. The first-order valence-corrected chi connectivity index (χ1v) is 6.44. The molecule has 3 nitrogen and oxygen atoms in total. The first-order chi connectivity index (χ1) is 9.06. The monoisotopic (exact) mass is 255 g/mol. The highest BCUT2D eigenvalue weighted by Crippen LogP contribution is 2.11. The van der Waals surface area contributed by atoms with Gasteiger partial charge in [-0.05, 0) is 35.7 Å². The summed E-state index contributed by atoms with van der Waals surface area (Å²) in [7, 11) is 0. The van der Waals surface area contributed by atoms with E-state index in [2.05, 4.69) is 26.0 Å². The first kappa shape index (κ1) is 13.3. The Balaban J connectivity index is 2.08. The van der Waals surface area contributed by atoms with Gasteiger partial charge in [-0.3, -0.25) is 4.79 Å². The molecule has 19 heavy (non-hydrogen) atoms. The Labute approximate surface area is 113 Å². The number of nitrogen functional groups attached to an aromatic ring is 1. The Bertz CT molecular complexity index is 556. The van der Waals surface area contributed by atoms with Gasteiger partial charge in [0.15, 0.2) is 12.4 Å². The summed E-state index contributed by atoms with van der Waals surface area (Å²) in [6.45, 7) is 4.65. The van der Waals surface area contributed by atoms with E-state index in [-0.39, 0.29) is 5.78 Å². The molecular formula is C16H19N2O+. The second-order valence-electron chi connectivity index (χ2n) is 5.00. The topological polar surface area (TPSA) is 47.0 Å². The maximum atomic E-state index is 12.1. The van der Waals surface area contributed by atoms with Crippen LogP contribution in [0.4, 0.5) is 5.69 Å². The van der Waals surface area contributed by atoms with E-state index in [4.69, 9.17) is 5.73 Å². The molecule has 0 amide bonds. The van der Waals surface area contributed by atoms with Crippen LogP contribution in [0.2, 0.25) is 0 Å². The van der Waals surface area contributed by atoms with Crippen LogP contribution >= 0.6 is 0 Å². The predicted octanol–water partition coefficient (Wildman–Crippen LogP) is 2.56. The van der Waals surface area contributed by atoms with Gasteiger partial charge in [-0.25, -0.2) is 0 Å². The highest BCUT2D eigenvalue weighted by Gasteiger charge is 2.12. The largest absolute Gasteiger partial charge is 0.399 e. The van der Waals surface area contributed by atoms with Crippen molar-refractivity contribution in [3.63, 3.8) is 0 Å². The molecular weight excluding hydrogens is 236 g/mol. The molecule has 3 heteroatoms. The molecule has 0 atom stereocenters. The summed E-state index contributed by atoms with van der Waals surface area (Å²) >= 11 is 0. The number of carbonyl (C=O) groups is 1. The van der Waals surface area contributed by atoms with Crippen LogP contribution in [0.25, 0.3) is 0 Å². The van der Waals surface area contributed by atoms with Gasteiger partial charge in [-0.15, -0.1) is 0 Å². The van der Waals surface area contributed by atoms with Crippen molar-refractivity contribution < 1.29 is 9.36 Å². The fraction of sp³-hybridized carbons (Fsp3) is 0.250. The highest BCUT2D eigenvalue weighted by atomic mass is 16.1. The number of hydrogen-bond donors (Lipinski definition) is 1. The molecule has 0 bridgehead atoms. The van der Waals surface area contributed by atoms with Gasteiger partial charge in [0.25, 0.3) is 0 Å². The molecule has 1 aromatic heterocycles. The molecule has 2 rings (SSSR count). The number of Topliss-reactive ketones (excluding diaryl/α,β-unsaturated/α-hetero) is 1. The number of nitrogens with zero attached hydrogens (tertiary/aromatic N) is 1. The number of hydrogen-bond acceptors (Lipinski definition) is 2. The Morgan fingerprint density at radius 3 is 2.21 bits per heavy atom. The standard InChI is InChI=1S/C16H18N2O/c1-12(2)13-7-9-18(10-8-13)11-16(19)14-3-5-15(17)6-4-14/h3-10,12H,11H2,1-2H3,(H-,17,19)/p+1. The summed E-state index contributed by atoms with van der Waals surface area (Å²) in [6.07, 6.45) is 3.90. The van der Waals surface area contributed by atoms with E-state index in [1.165, 1.54) is 5.56 Å². The summed E-state index contributed by atoms with van der Waals surface area (Å²) in [5.74, 6) is 0.588. The molecule has 0 spiro atoms. The second kappa shape index (κ2) is 5.65. The number of pyridine rings is 1. The van der Waals surface area contributed by atoms with Crippen LogP contribution in [0.1, 0.15) is 35.7 Å². The quantitative estimate of drug-likeness (QED) is 0.518. The summed E-state index contributed by atoms with van der Waals surface area (Å²) in [4.78, 5) is 12.1. The molecule has 0 aliphatic carbocycles. The molecule has 0 unspecified atom stereocenters. The van der Waals surface area contributed by atoms with E-state index >= 15 is 0 Å². The van der Waals surface area contributed by atoms with Crippen LogP contribution < -0.4 is 10.3 Å². The van der Waals surface area contributed by atoms with Gasteiger partial charge in [0, 0.05) is 23.4 Å². The van der Waals surface area contributed by atoms with Gasteiger partial charge in [-0.2, -0.15) is 4.57 Å². The fourth-order valence-electron chi connectivity index (χ4n) is 1.89. The molecule has 0 aliphatic rings. The molecule has 98 valence electrons. The summed E-state index contributed by atoms with van der Waals surface area (Å²) in [5, 5.41) is 0. The van der Waals surface area contributed by atoms with Gasteiger partial charge in [0.05, 0.1) is 0 Å². The van der Waals surface area contributed by atoms with Crippen molar-refractivity contribution in [2.45, 2.75) is 26.3 Å². The molecule has 0 saturated heterocycles. The average Bonchev–Trinajstić information content (AvgIpc) is 2.40. The van der Waals surface area contributed by atoms with E-state index in [0.29, 0.717) is 23.7 Å². The molecule has 0 radical (unpaired) electrons. The minimum atomic E-state index is 0.0855. The Morgan fingerprint density at radius 1 is 1.11 bits per heavy atom. The van der Waals surface area contributed by atoms with E-state index in [1.54, 1.807) is 24.3 Å². The van der Waals surface area contributed by atoms with Crippen molar-refractivity contribution in [2.24, 2.45) is 0 Å². The molecule has 1 heterocycles. The Morgan fingerprint density at radius 2 is 1.68 bits per heavy atom. The third kappa shape index (κ3) is 3.41. The molecule has 1 aromatic carbocycles. The van der Waals surface area contributed by atoms with Gasteiger partial charge >= 0.3 is 0 Å². The fourth-order valence-corrected chi connectivity index (χ4v) is 1.89. The normalized spacial score (nSPS) is 10.7. The number of benzene rings is 1. The maximum absolute atomic E-state index is 12.1. The van der Waals surface area contributed by atoms with Crippen LogP contribution in [0, 0.1) is 0 Å². The minimum Gasteiger partial charge on any atom is -0.399 e. The van der Waals surface area contributed by atoms with Crippen molar-refractivity contribution in [2.75, 3.05) is 5.73 Å². The lowest BCUT2D eigenvalue weighted by atomic mass is 10.1. The third-order valence-electron chi connectivity index (χ3n) is 3.14. The zero-order valence-electron chi connectivity index (χ0n) is 11.3. The van der Waals surface area contributed by atoms with E-state index < -0.39 is 0 Å². The van der Waals surface area contributed by atoms with E-state index in [1.807, 2.05) is 17.0 Å². The van der Waals surface area contributed by atoms with Crippen LogP contribution in [0.5, 0.6) is 0 Å².